The number of likely N-dealkylation sites (N-methyl/N-ethyl adjacent to an activating group) is 1. The molecule has 1 saturated heterocycles. The molecule has 0 aliphatic carbocycles. The number of ether oxygens (including phenoxy) is 4. The number of unbranched alkanes of at least 4 members (excludes halogenated alkanes) is 2. The summed E-state index contributed by atoms with van der Waals surface area (Å²) in [5, 5.41) is 32.9. The van der Waals surface area contributed by atoms with Gasteiger partial charge in [-0.1, -0.05) is 32.1 Å². The minimum absolute atomic E-state index is 0.0576. The van der Waals surface area contributed by atoms with Crippen LogP contribution in [0.2, 0.25) is 0 Å². The van der Waals surface area contributed by atoms with Crippen LogP contribution < -0.4 is 16.0 Å². The average Bonchev–Trinajstić information content (AvgIpc) is 3.58. The van der Waals surface area contributed by atoms with Crippen molar-refractivity contribution < 1.29 is 74.4 Å². The van der Waals surface area contributed by atoms with E-state index in [1.54, 1.807) is 12.1 Å². The molecule has 0 bridgehead atoms. The predicted molar refractivity (Wildman–Crippen MR) is 238 cm³/mol. The van der Waals surface area contributed by atoms with Crippen molar-refractivity contribution >= 4 is 49.3 Å². The van der Waals surface area contributed by atoms with Gasteiger partial charge in [0.2, 0.25) is 11.6 Å². The van der Waals surface area contributed by atoms with Gasteiger partial charge in [0, 0.05) is 60.4 Å². The monoisotopic (exact) mass is 949 g/mol. The zero-order valence-corrected chi connectivity index (χ0v) is 38.8. The maximum Gasteiger partial charge on any atom is 0.404 e. The molecule has 3 aliphatic rings. The summed E-state index contributed by atoms with van der Waals surface area (Å²) >= 11 is 0. The van der Waals surface area contributed by atoms with Crippen molar-refractivity contribution in [2.75, 3.05) is 51.0 Å². The molecule has 358 valence electrons. The number of anilines is 1. The summed E-state index contributed by atoms with van der Waals surface area (Å²) in [4.78, 5) is 25.5. The summed E-state index contributed by atoms with van der Waals surface area (Å²) in [6.45, 7) is 10.9. The van der Waals surface area contributed by atoms with E-state index in [-0.39, 0.29) is 48.5 Å². The molecule has 3 aliphatic heterocycles. The van der Waals surface area contributed by atoms with E-state index in [2.05, 4.69) is 14.8 Å². The Balaban J connectivity index is 1.14. The van der Waals surface area contributed by atoms with Gasteiger partial charge in [-0.2, -0.15) is 21.4 Å². The first-order valence-corrected chi connectivity index (χ1v) is 24.2. The highest BCUT2D eigenvalue weighted by atomic mass is 32.2. The Hall–Kier alpha value is -4.55. The van der Waals surface area contributed by atoms with Crippen LogP contribution in [0.4, 0.5) is 16.2 Å². The predicted octanol–water partition coefficient (Wildman–Crippen LogP) is 2.98. The van der Waals surface area contributed by atoms with Crippen LogP contribution in [0, 0.1) is 0 Å². The molecule has 3 heterocycles. The molecule has 19 nitrogen and oxygen atoms in total. The van der Waals surface area contributed by atoms with Crippen LogP contribution in [0.3, 0.4) is 0 Å². The van der Waals surface area contributed by atoms with E-state index in [1.165, 1.54) is 24.3 Å². The smallest absolute Gasteiger partial charge is 0.404 e. The molecular formula is C44H61N4O15S2+. The molecular weight excluding hydrogens is 889 g/mol. The topological polar surface area (TPSA) is 285 Å². The Morgan fingerprint density at radius 1 is 0.892 bits per heavy atom. The van der Waals surface area contributed by atoms with E-state index in [0.29, 0.717) is 32.4 Å². The number of allylic oxidation sites excluding steroid dienone is 6. The van der Waals surface area contributed by atoms with E-state index in [4.69, 9.17) is 24.7 Å². The second-order valence-electron chi connectivity index (χ2n) is 16.9. The van der Waals surface area contributed by atoms with Gasteiger partial charge < -0.3 is 50.2 Å². The van der Waals surface area contributed by atoms with Crippen LogP contribution in [0.15, 0.2) is 82.3 Å². The van der Waals surface area contributed by atoms with Gasteiger partial charge in [-0.15, -0.1) is 0 Å². The number of carbonyl (C=O) groups excluding carboxylic acids is 2. The van der Waals surface area contributed by atoms with E-state index < -0.39 is 74.5 Å². The van der Waals surface area contributed by atoms with E-state index in [9.17, 15) is 50.8 Å². The maximum atomic E-state index is 12.6. The molecule has 1 unspecified atom stereocenters. The van der Waals surface area contributed by atoms with Crippen molar-refractivity contribution in [1.29, 1.82) is 0 Å². The fourth-order valence-electron chi connectivity index (χ4n) is 8.44. The maximum absolute atomic E-state index is 12.6. The lowest BCUT2D eigenvalue weighted by atomic mass is 9.81. The first-order valence-electron chi connectivity index (χ1n) is 21.3. The minimum atomic E-state index is -4.45. The van der Waals surface area contributed by atoms with Crippen molar-refractivity contribution in [3.05, 3.63) is 83.6 Å². The third kappa shape index (κ3) is 12.1. The highest BCUT2D eigenvalue weighted by Crippen LogP contribution is 2.48. The molecule has 0 aromatic heterocycles. The number of aliphatic hydroxyl groups is 3. The van der Waals surface area contributed by atoms with Gasteiger partial charge in [-0.05, 0) is 75.6 Å². The molecule has 0 spiro atoms. The molecule has 65 heavy (non-hydrogen) atoms. The van der Waals surface area contributed by atoms with Gasteiger partial charge in [0.1, 0.15) is 24.9 Å². The number of nitrogens with two attached hydrogens (primary N) is 1. The first kappa shape index (κ1) is 51.4. The lowest BCUT2D eigenvalue weighted by Crippen LogP contribution is -2.60. The molecule has 0 radical (unpaired) electrons. The normalized spacial score (nSPS) is 23.4. The van der Waals surface area contributed by atoms with Crippen LogP contribution in [0.25, 0.3) is 0 Å². The van der Waals surface area contributed by atoms with Gasteiger partial charge in [-0.3, -0.25) is 13.9 Å². The summed E-state index contributed by atoms with van der Waals surface area (Å²) in [5.41, 5.74) is 8.84. The number of benzene rings is 2. The van der Waals surface area contributed by atoms with Gasteiger partial charge in [0.15, 0.2) is 18.1 Å². The van der Waals surface area contributed by atoms with Gasteiger partial charge in [0.25, 0.3) is 20.2 Å². The minimum Gasteiger partial charge on any atom is -0.441 e. The van der Waals surface area contributed by atoms with E-state index in [0.717, 1.165) is 33.9 Å². The van der Waals surface area contributed by atoms with Crippen LogP contribution in [0.1, 0.15) is 71.4 Å². The molecule has 2 amide bonds. The summed E-state index contributed by atoms with van der Waals surface area (Å²) in [6, 6.07) is 9.18. The lowest BCUT2D eigenvalue weighted by Gasteiger charge is -2.40. The number of hydrogen-bond donors (Lipinski definition) is 7. The summed E-state index contributed by atoms with van der Waals surface area (Å²) in [5.74, 6) is -0.158. The fraction of sp³-hybridized carbons (Fsp3) is 0.523. The van der Waals surface area contributed by atoms with Crippen molar-refractivity contribution in [1.82, 2.24) is 5.32 Å². The number of primary amides is 1. The standard InChI is InChI=1S/C44H60N4O15S2/c1-6-47-32-18-16-28(64(54,55)56)25-30(32)43(2,3)35(47)13-9-7-10-14-36-44(4,5)31-26-29(65(57,58)59)17-19-33(31)48(36)21-12-8-11-15-37(50)46-20-22-60-23-24-61-41-39(52)40(63-42(45)53)38(51)34(27-49)62-41/h7,9-10,13-14,16-19,25-26,34,38-41,49,51-52H,6,8,11-12,15,20-24,27H2,1-5H3,(H4-,45,46,50,53,54,55,56,57,58,59)/p+1/t34-,38-,39+,40+,41?/m1/s1. The van der Waals surface area contributed by atoms with E-state index in [1.807, 2.05) is 65.0 Å². The van der Waals surface area contributed by atoms with Crippen molar-refractivity contribution in [2.45, 2.75) is 112 Å². The molecule has 2 aromatic carbocycles. The largest absolute Gasteiger partial charge is 0.441 e. The van der Waals surface area contributed by atoms with Crippen molar-refractivity contribution in [3.8, 4) is 0 Å². The number of fused-ring (bicyclic) bond motifs is 2. The summed E-state index contributed by atoms with van der Waals surface area (Å²) < 4.78 is 90.7. The van der Waals surface area contributed by atoms with Crippen LogP contribution in [0.5, 0.6) is 0 Å². The molecule has 5 atom stereocenters. The van der Waals surface area contributed by atoms with E-state index >= 15 is 0 Å². The number of nitrogens with one attached hydrogen (secondary N) is 1. The van der Waals surface area contributed by atoms with Crippen molar-refractivity contribution in [3.63, 3.8) is 0 Å². The molecule has 21 heteroatoms. The second kappa shape index (κ2) is 21.4. The Labute approximate surface area is 379 Å². The van der Waals surface area contributed by atoms with Gasteiger partial charge >= 0.3 is 6.09 Å². The number of rotatable bonds is 21. The fourth-order valence-corrected chi connectivity index (χ4v) is 9.46. The SMILES string of the molecule is CCN1\C(=C/C=C/C=C/C2=[N+](CCCCCC(=O)NCCOCCOC3O[C@H](CO)[C@@H](O)[C@H](OC(N)=O)[C@@H]3O)c3ccc(S(=O)(=O)O)cc3C2(C)C)C(C)(C)c2cc(S(=O)(=O)O)ccc21. The molecule has 0 saturated carbocycles. The molecule has 5 rings (SSSR count). The quantitative estimate of drug-likeness (QED) is 0.0410. The first-order chi connectivity index (χ1) is 30.5. The number of carbonyl (C=O) groups is 2. The molecule has 1 fully saturated rings. The Morgan fingerprint density at radius 2 is 1.57 bits per heavy atom. The highest BCUT2D eigenvalue weighted by molar-refractivity contribution is 7.86. The Morgan fingerprint density at radius 3 is 2.22 bits per heavy atom. The lowest BCUT2D eigenvalue weighted by molar-refractivity contribution is -0.438. The zero-order chi connectivity index (χ0) is 47.9. The van der Waals surface area contributed by atoms with Crippen LogP contribution >= 0.6 is 0 Å². The van der Waals surface area contributed by atoms with Gasteiger partial charge in [-0.25, -0.2) is 4.79 Å². The Kier molecular flexibility index (Phi) is 16.9. The number of hydrogen-bond acceptors (Lipinski definition) is 14. The summed E-state index contributed by atoms with van der Waals surface area (Å²) in [6.07, 6.45) is 3.62. The van der Waals surface area contributed by atoms with Crippen LogP contribution in [-0.4, -0.2) is 140 Å². The number of nitrogens with zero attached hydrogens (tertiary/aromatic N) is 2. The zero-order valence-electron chi connectivity index (χ0n) is 37.1. The number of amides is 2. The van der Waals surface area contributed by atoms with Gasteiger partial charge in [0.05, 0.1) is 41.6 Å². The Bertz CT molecular complexity index is 2410. The molecule has 2 aromatic rings. The average molecular weight is 950 g/mol. The highest BCUT2D eigenvalue weighted by Gasteiger charge is 2.48. The molecule has 8 N–H and O–H groups in total. The van der Waals surface area contributed by atoms with Crippen LogP contribution in [-0.2, 0) is 54.8 Å². The van der Waals surface area contributed by atoms with Crippen molar-refractivity contribution in [2.24, 2.45) is 5.73 Å². The third-order valence-corrected chi connectivity index (χ3v) is 13.5. The summed E-state index contributed by atoms with van der Waals surface area (Å²) in [7, 11) is -8.83. The third-order valence-electron chi connectivity index (χ3n) is 11.8. The number of aliphatic hydroxyl groups excluding tert-OH is 3. The second-order valence-corrected chi connectivity index (χ2v) is 19.7.